The number of hydrogen-bond acceptors (Lipinski definition) is 10. The fourth-order valence-electron chi connectivity index (χ4n) is 4.33. The fraction of sp³-hybridized carbons (Fsp3) is 0.261. The summed E-state index contributed by atoms with van der Waals surface area (Å²) in [5, 5.41) is 17.7. The zero-order chi connectivity index (χ0) is 27.8. The summed E-state index contributed by atoms with van der Waals surface area (Å²) >= 11 is 2.47. The fourth-order valence-corrected chi connectivity index (χ4v) is 6.21. The molecule has 1 saturated heterocycles. The second-order valence-electron chi connectivity index (χ2n) is 8.52. The summed E-state index contributed by atoms with van der Waals surface area (Å²) in [6.45, 7) is 2.11. The zero-order valence-corrected chi connectivity index (χ0v) is 22.1. The Kier molecular flexibility index (Phi) is 6.96. The molecule has 2 aliphatic heterocycles. The standard InChI is InChI=1S/C23H22N8O6S2/c1-2-37-28-15(13-10-39-23(25)26-13)19(33)27-16-20(34)31-17(22(35)36)12(9-38-21(16)31)8-30-6-5-29-7-11(18(24)32)3-4-14(29)30/h3-7,10,16,21H,2,8-9H2,1H3,(H5-,24,25,26,27,32,33,35,36)/p+1/b28-15+/t16-,21-/m1/s1. The summed E-state index contributed by atoms with van der Waals surface area (Å²) in [6, 6.07) is 2.33. The highest BCUT2D eigenvalue weighted by Gasteiger charge is 2.54. The van der Waals surface area contributed by atoms with Crippen molar-refractivity contribution in [2.45, 2.75) is 24.9 Å². The molecule has 0 spiro atoms. The molecule has 5 rings (SSSR count). The van der Waals surface area contributed by atoms with Gasteiger partial charge >= 0.3 is 5.97 Å². The molecule has 6 N–H and O–H groups in total. The summed E-state index contributed by atoms with van der Waals surface area (Å²) in [7, 11) is 0. The van der Waals surface area contributed by atoms with Crippen LogP contribution >= 0.6 is 23.1 Å². The molecule has 2 atom stereocenters. The number of aromatic nitrogens is 3. The third-order valence-corrected chi connectivity index (χ3v) is 8.12. The molecule has 3 aromatic rings. The number of primary amides is 1. The minimum Gasteiger partial charge on any atom is -0.477 e. The molecule has 0 bridgehead atoms. The second kappa shape index (κ2) is 10.4. The van der Waals surface area contributed by atoms with Crippen molar-refractivity contribution in [3.05, 3.63) is 58.6 Å². The van der Waals surface area contributed by atoms with Gasteiger partial charge in [-0.3, -0.25) is 19.3 Å². The van der Waals surface area contributed by atoms with Crippen LogP contribution in [0.4, 0.5) is 5.13 Å². The SMILES string of the molecule is CCO/N=C(/C(=O)N[C@@H]1C(=O)N2C(C(=O)O)=C(C[n+]3ccn4cc(C(N)=O)ccc43)CS[C@H]12)c1csc(N)n1. The number of carbonyl (C=O) groups excluding carboxylic acids is 3. The van der Waals surface area contributed by atoms with Crippen molar-refractivity contribution in [3.8, 4) is 0 Å². The average Bonchev–Trinajstić information content (AvgIpc) is 3.52. The summed E-state index contributed by atoms with van der Waals surface area (Å²) < 4.78 is 3.51. The number of rotatable bonds is 9. The van der Waals surface area contributed by atoms with Crippen molar-refractivity contribution in [2.24, 2.45) is 10.9 Å². The molecule has 3 aromatic heterocycles. The maximum Gasteiger partial charge on any atom is 0.352 e. The number of carbonyl (C=O) groups is 4. The van der Waals surface area contributed by atoms with E-state index in [2.05, 4.69) is 15.5 Å². The van der Waals surface area contributed by atoms with Gasteiger partial charge in [0.25, 0.3) is 23.4 Å². The number of β-lactam (4-membered cyclic amide) rings is 1. The Morgan fingerprint density at radius 1 is 1.36 bits per heavy atom. The van der Waals surface area contributed by atoms with Crippen LogP contribution in [0.1, 0.15) is 23.0 Å². The zero-order valence-electron chi connectivity index (χ0n) is 20.4. The molecular weight excluding hydrogens is 548 g/mol. The van der Waals surface area contributed by atoms with Crippen molar-refractivity contribution in [1.29, 1.82) is 0 Å². The lowest BCUT2D eigenvalue weighted by atomic mass is 10.0. The highest BCUT2D eigenvalue weighted by molar-refractivity contribution is 8.00. The van der Waals surface area contributed by atoms with E-state index in [-0.39, 0.29) is 35.4 Å². The molecule has 3 amide bonds. The predicted molar refractivity (Wildman–Crippen MR) is 140 cm³/mol. The van der Waals surface area contributed by atoms with Crippen LogP contribution in [-0.4, -0.2) is 72.6 Å². The van der Waals surface area contributed by atoms with E-state index in [4.69, 9.17) is 16.3 Å². The van der Waals surface area contributed by atoms with Gasteiger partial charge in [-0.1, -0.05) is 5.16 Å². The number of nitrogens with two attached hydrogens (primary N) is 2. The first-order chi connectivity index (χ1) is 18.7. The van der Waals surface area contributed by atoms with Crippen LogP contribution in [0.25, 0.3) is 5.65 Å². The van der Waals surface area contributed by atoms with Crippen LogP contribution in [0.2, 0.25) is 0 Å². The normalized spacial score (nSPS) is 19.1. The van der Waals surface area contributed by atoms with Gasteiger partial charge in [0.15, 0.2) is 10.8 Å². The molecule has 5 heterocycles. The van der Waals surface area contributed by atoms with Crippen LogP contribution in [0.5, 0.6) is 0 Å². The lowest BCUT2D eigenvalue weighted by Crippen LogP contribution is -2.71. The predicted octanol–water partition coefficient (Wildman–Crippen LogP) is -0.456. The first kappa shape index (κ1) is 26.2. The average molecular weight is 572 g/mol. The Morgan fingerprint density at radius 3 is 2.82 bits per heavy atom. The molecule has 202 valence electrons. The number of carboxylic acids is 1. The van der Waals surface area contributed by atoms with Crippen LogP contribution < -0.4 is 21.4 Å². The van der Waals surface area contributed by atoms with Gasteiger partial charge in [0.1, 0.15) is 54.5 Å². The number of nitrogens with one attached hydrogen (secondary N) is 1. The number of hydrogen-bond donors (Lipinski definition) is 4. The Morgan fingerprint density at radius 2 is 2.15 bits per heavy atom. The molecule has 39 heavy (non-hydrogen) atoms. The van der Waals surface area contributed by atoms with Crippen molar-refractivity contribution in [3.63, 3.8) is 0 Å². The summed E-state index contributed by atoms with van der Waals surface area (Å²) in [4.78, 5) is 60.2. The Labute approximate surface area is 228 Å². The summed E-state index contributed by atoms with van der Waals surface area (Å²) in [5.41, 5.74) is 12.5. The number of fused-ring (bicyclic) bond motifs is 2. The van der Waals surface area contributed by atoms with E-state index in [0.29, 0.717) is 22.5 Å². The van der Waals surface area contributed by atoms with Gasteiger partial charge in [0.2, 0.25) is 0 Å². The van der Waals surface area contributed by atoms with Gasteiger partial charge < -0.3 is 26.7 Å². The summed E-state index contributed by atoms with van der Waals surface area (Å²) in [5.74, 6) is -2.74. The monoisotopic (exact) mass is 571 g/mol. The van der Waals surface area contributed by atoms with Crippen molar-refractivity contribution in [2.75, 3.05) is 18.1 Å². The van der Waals surface area contributed by atoms with E-state index in [1.54, 1.807) is 47.4 Å². The molecule has 0 aromatic carbocycles. The lowest BCUT2D eigenvalue weighted by Gasteiger charge is -2.49. The number of nitrogens with zero attached hydrogens (tertiary/aromatic N) is 5. The van der Waals surface area contributed by atoms with Crippen LogP contribution in [0, 0.1) is 0 Å². The van der Waals surface area contributed by atoms with E-state index in [1.165, 1.54) is 16.7 Å². The number of thiazole rings is 1. The molecule has 16 heteroatoms. The minimum atomic E-state index is -1.25. The number of pyridine rings is 1. The Bertz CT molecular complexity index is 1580. The smallest absolute Gasteiger partial charge is 0.352 e. The number of amides is 3. The number of thioether (sulfide) groups is 1. The number of carboxylic acid groups (broad SMARTS) is 1. The molecule has 0 saturated carbocycles. The largest absolute Gasteiger partial charge is 0.477 e. The number of anilines is 1. The van der Waals surface area contributed by atoms with Gasteiger partial charge in [-0.2, -0.15) is 0 Å². The number of imidazole rings is 1. The summed E-state index contributed by atoms with van der Waals surface area (Å²) in [6.07, 6.45) is 5.05. The van der Waals surface area contributed by atoms with Crippen molar-refractivity contribution in [1.82, 2.24) is 19.6 Å². The van der Waals surface area contributed by atoms with Crippen LogP contribution in [0.15, 0.2) is 52.5 Å². The lowest BCUT2D eigenvalue weighted by molar-refractivity contribution is -0.662. The first-order valence-corrected chi connectivity index (χ1v) is 13.5. The Balaban J connectivity index is 1.37. The van der Waals surface area contributed by atoms with E-state index >= 15 is 0 Å². The molecule has 0 radical (unpaired) electrons. The molecule has 2 aliphatic rings. The van der Waals surface area contributed by atoms with E-state index in [9.17, 15) is 24.3 Å². The molecule has 0 aliphatic carbocycles. The molecule has 1 fully saturated rings. The highest BCUT2D eigenvalue weighted by Crippen LogP contribution is 2.40. The second-order valence-corrected chi connectivity index (χ2v) is 10.5. The number of oxime groups is 1. The van der Waals surface area contributed by atoms with Crippen LogP contribution in [-0.2, 0) is 25.8 Å². The van der Waals surface area contributed by atoms with Gasteiger partial charge in [-0.05, 0) is 13.0 Å². The maximum absolute atomic E-state index is 13.1. The maximum atomic E-state index is 13.1. The molecular formula is C23H23N8O6S2+. The molecule has 14 nitrogen and oxygen atoms in total. The van der Waals surface area contributed by atoms with Gasteiger partial charge in [-0.15, -0.1) is 23.1 Å². The van der Waals surface area contributed by atoms with Crippen LogP contribution in [0.3, 0.4) is 0 Å². The third kappa shape index (κ3) is 4.79. The van der Waals surface area contributed by atoms with Gasteiger partial charge in [0, 0.05) is 22.8 Å². The van der Waals surface area contributed by atoms with Gasteiger partial charge in [-0.25, -0.2) is 18.7 Å². The van der Waals surface area contributed by atoms with E-state index in [1.807, 2.05) is 4.57 Å². The quantitative estimate of drug-likeness (QED) is 0.114. The number of aliphatic carboxylic acids is 1. The Hall–Kier alpha value is -4.44. The third-order valence-electron chi connectivity index (χ3n) is 6.10. The first-order valence-electron chi connectivity index (χ1n) is 11.6. The van der Waals surface area contributed by atoms with Crippen molar-refractivity contribution >= 4 is 63.3 Å². The topological polar surface area (TPSA) is 199 Å². The van der Waals surface area contributed by atoms with E-state index in [0.717, 1.165) is 11.3 Å². The van der Waals surface area contributed by atoms with Gasteiger partial charge in [0.05, 0.1) is 5.56 Å². The molecule has 0 unspecified atom stereocenters. The number of nitrogen functional groups attached to an aromatic ring is 1. The van der Waals surface area contributed by atoms with Crippen molar-refractivity contribution < 1.29 is 33.7 Å². The minimum absolute atomic E-state index is 0.120. The highest BCUT2D eigenvalue weighted by atomic mass is 32.2. The van der Waals surface area contributed by atoms with E-state index < -0.39 is 35.1 Å².